The van der Waals surface area contributed by atoms with Gasteiger partial charge in [-0.25, -0.2) is 13.4 Å². The number of nitrogens with two attached hydrogens (primary N) is 1. The number of nitrogens with zero attached hydrogens (tertiary/aromatic N) is 3. The predicted molar refractivity (Wildman–Crippen MR) is 92.9 cm³/mol. The highest BCUT2D eigenvalue weighted by Gasteiger charge is 2.55. The van der Waals surface area contributed by atoms with E-state index < -0.39 is 15.3 Å². The van der Waals surface area contributed by atoms with Gasteiger partial charge in [0.1, 0.15) is 5.02 Å². The molecule has 2 aliphatic rings. The molecule has 3 heterocycles. The zero-order valence-electron chi connectivity index (χ0n) is 11.8. The summed E-state index contributed by atoms with van der Waals surface area (Å²) >= 11 is 9.70. The van der Waals surface area contributed by atoms with Gasteiger partial charge in [-0.1, -0.05) is 33.6 Å². The fourth-order valence-corrected chi connectivity index (χ4v) is 6.08. The number of aromatic nitrogens is 2. The number of hydrogen-bond acceptors (Lipinski definition) is 6. The molecule has 0 radical (unpaired) electrons. The van der Waals surface area contributed by atoms with Crippen LogP contribution >= 0.6 is 27.5 Å². The Kier molecular flexibility index (Phi) is 3.17. The molecule has 0 bridgehead atoms. The van der Waals surface area contributed by atoms with E-state index in [9.17, 15) is 8.42 Å². The third kappa shape index (κ3) is 2.31. The molecule has 1 saturated heterocycles. The van der Waals surface area contributed by atoms with E-state index in [0.29, 0.717) is 17.4 Å². The summed E-state index contributed by atoms with van der Waals surface area (Å²) in [6.07, 6.45) is 1.46. The predicted octanol–water partition coefficient (Wildman–Crippen LogP) is 2.29. The lowest BCUT2D eigenvalue weighted by Crippen LogP contribution is -2.54. The van der Waals surface area contributed by atoms with Crippen molar-refractivity contribution in [3.8, 4) is 0 Å². The molecule has 1 fully saturated rings. The van der Waals surface area contributed by atoms with Crippen molar-refractivity contribution in [1.82, 2.24) is 9.97 Å². The first-order valence-corrected chi connectivity index (χ1v) is 9.85. The van der Waals surface area contributed by atoms with Crippen molar-refractivity contribution in [3.05, 3.63) is 39.5 Å². The van der Waals surface area contributed by atoms with Gasteiger partial charge < -0.3 is 10.6 Å². The highest BCUT2D eigenvalue weighted by atomic mass is 79.9. The second kappa shape index (κ2) is 4.81. The first-order chi connectivity index (χ1) is 10.8. The highest BCUT2D eigenvalue weighted by molar-refractivity contribution is 9.10. The Morgan fingerprint density at radius 1 is 1.35 bits per heavy atom. The summed E-state index contributed by atoms with van der Waals surface area (Å²) in [6, 6.07) is 5.83. The molecule has 23 heavy (non-hydrogen) atoms. The zero-order chi connectivity index (χ0) is 16.4. The van der Waals surface area contributed by atoms with Gasteiger partial charge in [0.2, 0.25) is 5.95 Å². The topological polar surface area (TPSA) is 89.2 Å². The molecule has 2 aliphatic heterocycles. The van der Waals surface area contributed by atoms with Gasteiger partial charge >= 0.3 is 0 Å². The summed E-state index contributed by atoms with van der Waals surface area (Å²) in [5.74, 6) is 0.912. The molecule has 9 heteroatoms. The van der Waals surface area contributed by atoms with Crippen LogP contribution in [0.3, 0.4) is 0 Å². The maximum absolute atomic E-state index is 11.8. The van der Waals surface area contributed by atoms with Crippen molar-refractivity contribution in [1.29, 1.82) is 0 Å². The summed E-state index contributed by atoms with van der Waals surface area (Å²) in [4.78, 5) is 10.0. The Bertz CT molecular complexity index is 922. The van der Waals surface area contributed by atoms with Crippen molar-refractivity contribution < 1.29 is 8.42 Å². The van der Waals surface area contributed by atoms with Crippen LogP contribution in [0, 0.1) is 0 Å². The minimum absolute atomic E-state index is 0.128. The van der Waals surface area contributed by atoms with Gasteiger partial charge in [-0.05, 0) is 17.7 Å². The maximum atomic E-state index is 11.8. The first kappa shape index (κ1) is 15.2. The molecular weight excluding hydrogens is 404 g/mol. The first-order valence-electron chi connectivity index (χ1n) is 6.86. The largest absolute Gasteiger partial charge is 0.368 e. The van der Waals surface area contributed by atoms with Crippen LogP contribution in [0.4, 0.5) is 17.5 Å². The number of nitrogen functional groups attached to an aromatic ring is 1. The minimum atomic E-state index is -2.98. The van der Waals surface area contributed by atoms with Crippen LogP contribution in [-0.2, 0) is 15.3 Å². The number of sulfone groups is 1. The minimum Gasteiger partial charge on any atom is -0.368 e. The van der Waals surface area contributed by atoms with Gasteiger partial charge in [-0.15, -0.1) is 0 Å². The number of rotatable bonds is 1. The van der Waals surface area contributed by atoms with E-state index in [0.717, 1.165) is 15.7 Å². The lowest BCUT2D eigenvalue weighted by Gasteiger charge is -2.38. The van der Waals surface area contributed by atoms with Crippen molar-refractivity contribution >= 4 is 54.8 Å². The SMILES string of the molecule is Nc1ncc(Cl)c(N2CC3(CS(=O)(=O)C3)c3ccc(Br)cc32)n1. The van der Waals surface area contributed by atoms with Crippen LogP contribution in [0.2, 0.25) is 5.02 Å². The number of fused-ring (bicyclic) bond motifs is 2. The Morgan fingerprint density at radius 3 is 2.78 bits per heavy atom. The second-order valence-electron chi connectivity index (χ2n) is 5.96. The van der Waals surface area contributed by atoms with Crippen molar-refractivity contribution in [2.45, 2.75) is 5.41 Å². The van der Waals surface area contributed by atoms with Gasteiger partial charge in [0.25, 0.3) is 0 Å². The summed E-state index contributed by atoms with van der Waals surface area (Å²) in [5.41, 5.74) is 7.19. The van der Waals surface area contributed by atoms with E-state index in [1.54, 1.807) is 0 Å². The van der Waals surface area contributed by atoms with Gasteiger partial charge in [0, 0.05) is 22.1 Å². The highest BCUT2D eigenvalue weighted by Crippen LogP contribution is 2.51. The molecule has 2 aromatic rings. The number of benzene rings is 1. The second-order valence-corrected chi connectivity index (χ2v) is 9.35. The third-order valence-corrected chi connectivity index (χ3v) is 7.02. The van der Waals surface area contributed by atoms with Crippen LogP contribution < -0.4 is 10.6 Å². The number of hydrogen-bond donors (Lipinski definition) is 1. The summed E-state index contributed by atoms with van der Waals surface area (Å²) in [6.45, 7) is 0.508. The fraction of sp³-hybridized carbons (Fsp3) is 0.286. The van der Waals surface area contributed by atoms with Gasteiger partial charge in [0.15, 0.2) is 15.7 Å². The number of anilines is 3. The van der Waals surface area contributed by atoms with E-state index in [1.165, 1.54) is 6.20 Å². The van der Waals surface area contributed by atoms with Crippen LogP contribution in [0.15, 0.2) is 28.9 Å². The molecule has 6 nitrogen and oxygen atoms in total. The molecule has 2 N–H and O–H groups in total. The molecule has 1 aromatic carbocycles. The summed E-state index contributed by atoms with van der Waals surface area (Å²) < 4.78 is 24.5. The summed E-state index contributed by atoms with van der Waals surface area (Å²) in [5, 5.41) is 0.379. The van der Waals surface area contributed by atoms with Crippen LogP contribution in [-0.4, -0.2) is 36.4 Å². The normalized spacial score (nSPS) is 20.3. The van der Waals surface area contributed by atoms with Gasteiger partial charge in [-0.2, -0.15) is 4.98 Å². The quantitative estimate of drug-likeness (QED) is 0.769. The zero-order valence-corrected chi connectivity index (χ0v) is 15.0. The molecule has 0 atom stereocenters. The van der Waals surface area contributed by atoms with E-state index in [2.05, 4.69) is 25.9 Å². The maximum Gasteiger partial charge on any atom is 0.222 e. The average Bonchev–Trinajstić information content (AvgIpc) is 2.74. The van der Waals surface area contributed by atoms with E-state index in [1.807, 2.05) is 23.1 Å². The summed E-state index contributed by atoms with van der Waals surface area (Å²) in [7, 11) is -2.98. The molecule has 0 unspecified atom stereocenters. The van der Waals surface area contributed by atoms with Gasteiger partial charge in [0.05, 0.1) is 17.7 Å². The third-order valence-electron chi connectivity index (χ3n) is 4.28. The number of halogens is 2. The Balaban J connectivity index is 1.88. The molecule has 0 amide bonds. The average molecular weight is 416 g/mol. The molecular formula is C14H12BrClN4O2S. The van der Waals surface area contributed by atoms with Crippen molar-refractivity contribution in [2.24, 2.45) is 0 Å². The van der Waals surface area contributed by atoms with E-state index >= 15 is 0 Å². The molecule has 1 spiro atoms. The van der Waals surface area contributed by atoms with Crippen molar-refractivity contribution in [2.75, 3.05) is 28.7 Å². The molecule has 1 aromatic heterocycles. The molecule has 0 saturated carbocycles. The monoisotopic (exact) mass is 414 g/mol. The standard InChI is InChI=1S/C14H12BrClN4O2S/c15-8-1-2-9-11(3-8)20(5-14(9)6-23(21,22)7-14)12-10(16)4-18-13(17)19-12/h1-4H,5-7H2,(H2,17,18,19). The molecule has 4 rings (SSSR count). The molecule has 0 aliphatic carbocycles. The lowest BCUT2D eigenvalue weighted by atomic mass is 9.85. The van der Waals surface area contributed by atoms with E-state index in [-0.39, 0.29) is 17.5 Å². The lowest BCUT2D eigenvalue weighted by molar-refractivity contribution is 0.481. The molecule has 120 valence electrons. The van der Waals surface area contributed by atoms with Gasteiger partial charge in [-0.3, -0.25) is 0 Å². The van der Waals surface area contributed by atoms with E-state index in [4.69, 9.17) is 17.3 Å². The van der Waals surface area contributed by atoms with Crippen molar-refractivity contribution in [3.63, 3.8) is 0 Å². The van der Waals surface area contributed by atoms with Crippen LogP contribution in [0.5, 0.6) is 0 Å². The Hall–Kier alpha value is -1.38. The van der Waals surface area contributed by atoms with Crippen LogP contribution in [0.25, 0.3) is 0 Å². The Labute approximate surface area is 146 Å². The van der Waals surface area contributed by atoms with Crippen LogP contribution in [0.1, 0.15) is 5.56 Å². The Morgan fingerprint density at radius 2 is 2.09 bits per heavy atom. The smallest absolute Gasteiger partial charge is 0.222 e. The fourth-order valence-electron chi connectivity index (χ4n) is 3.45.